The maximum atomic E-state index is 12.8. The first kappa shape index (κ1) is 25.1. The van der Waals surface area contributed by atoms with E-state index in [1.165, 1.54) is 63.5 Å². The number of anilines is 1. The molecular formula is C22H26N4O7S. The second-order valence-electron chi connectivity index (χ2n) is 7.24. The number of benzene rings is 2. The fraction of sp³-hybridized carbons (Fsp3) is 0.318. The van der Waals surface area contributed by atoms with E-state index in [1.807, 2.05) is 0 Å². The van der Waals surface area contributed by atoms with E-state index in [9.17, 15) is 18.0 Å². The summed E-state index contributed by atoms with van der Waals surface area (Å²) in [5, 5.41) is 3.10. The van der Waals surface area contributed by atoms with Gasteiger partial charge in [0.2, 0.25) is 5.91 Å². The number of hydrogen-bond acceptors (Lipinski definition) is 8. The average Bonchev–Trinajstić information content (AvgIpc) is 2.84. The summed E-state index contributed by atoms with van der Waals surface area (Å²) in [7, 11) is 1.77. The molecule has 3 rings (SSSR count). The Hall–Kier alpha value is -3.48. The number of nitrogens with one attached hydrogen (secondary N) is 1. The minimum atomic E-state index is -3.76. The lowest BCUT2D eigenvalue weighted by molar-refractivity contribution is -0.116. The molecule has 0 aliphatic rings. The molecule has 182 valence electrons. The monoisotopic (exact) mass is 490 g/mol. The fourth-order valence-electron chi connectivity index (χ4n) is 3.23. The van der Waals surface area contributed by atoms with Crippen molar-refractivity contribution in [2.75, 3.05) is 33.7 Å². The van der Waals surface area contributed by atoms with Gasteiger partial charge in [-0.1, -0.05) is 4.47 Å². The molecule has 1 heterocycles. The number of ether oxygens (including phenoxy) is 2. The zero-order valence-electron chi connectivity index (χ0n) is 19.3. The zero-order valence-corrected chi connectivity index (χ0v) is 20.1. The summed E-state index contributed by atoms with van der Waals surface area (Å²) < 4.78 is 37.1. The Balaban J connectivity index is 1.62. The second-order valence-corrected chi connectivity index (χ2v) is 9.18. The van der Waals surface area contributed by atoms with Crippen LogP contribution in [0.15, 0.2) is 52.4 Å². The summed E-state index contributed by atoms with van der Waals surface area (Å²) >= 11 is 0. The van der Waals surface area contributed by atoms with Crippen molar-refractivity contribution in [2.45, 2.75) is 24.3 Å². The molecule has 1 amide bonds. The molecule has 0 bridgehead atoms. The maximum Gasteiger partial charge on any atom is 0.264 e. The molecule has 0 unspecified atom stereocenters. The van der Waals surface area contributed by atoms with Gasteiger partial charge < -0.3 is 14.8 Å². The van der Waals surface area contributed by atoms with Crippen LogP contribution in [0, 0.1) is 0 Å². The summed E-state index contributed by atoms with van der Waals surface area (Å²) in [6, 6.07) is 8.97. The fourth-order valence-corrected chi connectivity index (χ4v) is 4.21. The molecule has 0 aliphatic heterocycles. The zero-order chi connectivity index (χ0) is 24.9. The van der Waals surface area contributed by atoms with E-state index in [2.05, 4.69) is 10.3 Å². The highest BCUT2D eigenvalue weighted by Crippen LogP contribution is 2.29. The van der Waals surface area contributed by atoms with Gasteiger partial charge in [-0.25, -0.2) is 13.4 Å². The van der Waals surface area contributed by atoms with E-state index in [0.717, 1.165) is 4.47 Å². The van der Waals surface area contributed by atoms with Crippen molar-refractivity contribution in [3.05, 3.63) is 53.1 Å². The van der Waals surface area contributed by atoms with Crippen LogP contribution in [0.1, 0.15) is 12.8 Å². The van der Waals surface area contributed by atoms with Gasteiger partial charge in [0.1, 0.15) is 0 Å². The SMILES string of the molecule is COc1cc2ncn(CCCC(=O)Nc3ccc(S(=O)(=O)N(C)OC)cc3)c(=O)c2cc1OC. The number of hydroxylamine groups is 1. The van der Waals surface area contributed by atoms with Gasteiger partial charge in [-0.2, -0.15) is 0 Å². The Labute approximate surface area is 196 Å². The minimum absolute atomic E-state index is 0.0345. The molecule has 0 saturated carbocycles. The number of sulfonamides is 1. The van der Waals surface area contributed by atoms with Crippen molar-refractivity contribution in [1.29, 1.82) is 0 Å². The van der Waals surface area contributed by atoms with Gasteiger partial charge in [0.05, 0.1) is 43.5 Å². The number of fused-ring (bicyclic) bond motifs is 1. The van der Waals surface area contributed by atoms with Crippen LogP contribution in [-0.4, -0.2) is 56.7 Å². The van der Waals surface area contributed by atoms with Gasteiger partial charge >= 0.3 is 0 Å². The van der Waals surface area contributed by atoms with E-state index in [0.29, 0.717) is 41.1 Å². The Morgan fingerprint density at radius 2 is 1.74 bits per heavy atom. The number of aryl methyl sites for hydroxylation is 1. The van der Waals surface area contributed by atoms with Gasteiger partial charge in [0, 0.05) is 31.8 Å². The summed E-state index contributed by atoms with van der Waals surface area (Å²) in [5.41, 5.74) is 0.692. The summed E-state index contributed by atoms with van der Waals surface area (Å²) in [6.45, 7) is 0.296. The molecule has 0 saturated heterocycles. The molecule has 0 radical (unpaired) electrons. The third-order valence-corrected chi connectivity index (χ3v) is 6.86. The van der Waals surface area contributed by atoms with Crippen LogP contribution in [0.3, 0.4) is 0 Å². The quantitative estimate of drug-likeness (QED) is 0.428. The smallest absolute Gasteiger partial charge is 0.264 e. The third-order valence-electron chi connectivity index (χ3n) is 5.16. The average molecular weight is 491 g/mol. The molecule has 0 atom stereocenters. The Morgan fingerprint density at radius 1 is 1.09 bits per heavy atom. The molecule has 11 nitrogen and oxygen atoms in total. The molecular weight excluding hydrogens is 464 g/mol. The summed E-state index contributed by atoms with van der Waals surface area (Å²) in [6.07, 6.45) is 1.99. The first-order valence-electron chi connectivity index (χ1n) is 10.3. The number of aromatic nitrogens is 2. The number of nitrogens with zero attached hydrogens (tertiary/aromatic N) is 3. The highest BCUT2D eigenvalue weighted by Gasteiger charge is 2.20. The van der Waals surface area contributed by atoms with Crippen LogP contribution in [0.2, 0.25) is 0 Å². The lowest BCUT2D eigenvalue weighted by Gasteiger charge is -2.14. The van der Waals surface area contributed by atoms with Crippen molar-refractivity contribution in [1.82, 2.24) is 14.0 Å². The standard InChI is InChI=1S/C22H26N4O7S/c1-25(33-4)34(29,30)16-9-7-15(8-10-16)24-21(27)6-5-11-26-14-23-18-13-20(32-3)19(31-2)12-17(18)22(26)28/h7-10,12-14H,5-6,11H2,1-4H3,(H,24,27). The molecule has 12 heteroatoms. The van der Waals surface area contributed by atoms with E-state index in [4.69, 9.17) is 14.3 Å². The topological polar surface area (TPSA) is 129 Å². The van der Waals surface area contributed by atoms with Crippen molar-refractivity contribution in [3.63, 3.8) is 0 Å². The summed E-state index contributed by atoms with van der Waals surface area (Å²) in [5.74, 6) is 0.643. The van der Waals surface area contributed by atoms with Crippen molar-refractivity contribution in [3.8, 4) is 11.5 Å². The highest BCUT2D eigenvalue weighted by atomic mass is 32.2. The Morgan fingerprint density at radius 3 is 2.35 bits per heavy atom. The number of hydrogen-bond donors (Lipinski definition) is 1. The Bertz CT molecular complexity index is 1340. The number of methoxy groups -OCH3 is 2. The molecule has 0 fully saturated rings. The van der Waals surface area contributed by atoms with E-state index >= 15 is 0 Å². The molecule has 0 spiro atoms. The summed E-state index contributed by atoms with van der Waals surface area (Å²) in [4.78, 5) is 34.2. The van der Waals surface area contributed by atoms with Crippen LogP contribution >= 0.6 is 0 Å². The van der Waals surface area contributed by atoms with E-state index in [-0.39, 0.29) is 22.8 Å². The van der Waals surface area contributed by atoms with E-state index in [1.54, 1.807) is 12.1 Å². The van der Waals surface area contributed by atoms with Gasteiger partial charge in [-0.05, 0) is 36.8 Å². The predicted molar refractivity (Wildman–Crippen MR) is 125 cm³/mol. The maximum absolute atomic E-state index is 12.8. The number of carbonyl (C=O) groups excluding carboxylic acids is 1. The van der Waals surface area contributed by atoms with Gasteiger partial charge in [-0.15, -0.1) is 0 Å². The Kier molecular flexibility index (Phi) is 7.87. The van der Waals surface area contributed by atoms with Crippen molar-refractivity contribution < 1.29 is 27.5 Å². The lowest BCUT2D eigenvalue weighted by Crippen LogP contribution is -2.25. The predicted octanol–water partition coefficient (Wildman–Crippen LogP) is 2.01. The van der Waals surface area contributed by atoms with Crippen molar-refractivity contribution in [2.24, 2.45) is 0 Å². The van der Waals surface area contributed by atoms with Gasteiger partial charge in [-0.3, -0.25) is 19.0 Å². The van der Waals surface area contributed by atoms with E-state index < -0.39 is 10.0 Å². The lowest BCUT2D eigenvalue weighted by atomic mass is 10.2. The minimum Gasteiger partial charge on any atom is -0.493 e. The van der Waals surface area contributed by atoms with Crippen LogP contribution in [0.25, 0.3) is 10.9 Å². The van der Waals surface area contributed by atoms with Gasteiger partial charge in [0.15, 0.2) is 11.5 Å². The number of carbonyl (C=O) groups is 1. The molecule has 3 aromatic rings. The van der Waals surface area contributed by atoms with Crippen molar-refractivity contribution >= 4 is 32.5 Å². The highest BCUT2D eigenvalue weighted by molar-refractivity contribution is 7.89. The molecule has 1 aromatic heterocycles. The largest absolute Gasteiger partial charge is 0.493 e. The molecule has 34 heavy (non-hydrogen) atoms. The number of rotatable bonds is 10. The molecule has 2 aromatic carbocycles. The second kappa shape index (κ2) is 10.6. The van der Waals surface area contributed by atoms with Crippen LogP contribution < -0.4 is 20.3 Å². The normalized spacial score (nSPS) is 11.6. The molecule has 1 N–H and O–H groups in total. The molecule has 0 aliphatic carbocycles. The van der Waals surface area contributed by atoms with Crippen LogP contribution in [0.5, 0.6) is 11.5 Å². The third kappa shape index (κ3) is 5.35. The first-order chi connectivity index (χ1) is 16.2. The first-order valence-corrected chi connectivity index (χ1v) is 11.7. The van der Waals surface area contributed by atoms with Crippen LogP contribution in [0.4, 0.5) is 5.69 Å². The van der Waals surface area contributed by atoms with Gasteiger partial charge in [0.25, 0.3) is 15.6 Å². The van der Waals surface area contributed by atoms with Crippen LogP contribution in [-0.2, 0) is 26.2 Å². The number of amides is 1.